The Hall–Kier alpha value is -3.79. The van der Waals surface area contributed by atoms with Crippen LogP contribution in [0.4, 0.5) is 8.68 Å². The maximum absolute atomic E-state index is 12.6. The van der Waals surface area contributed by atoms with Crippen molar-refractivity contribution in [2.75, 3.05) is 7.11 Å². The van der Waals surface area contributed by atoms with Gasteiger partial charge in [0.25, 0.3) is 0 Å². The zero-order valence-electron chi connectivity index (χ0n) is 16.5. The van der Waals surface area contributed by atoms with E-state index >= 15 is 0 Å². The molecule has 0 aliphatic rings. The average Bonchev–Trinajstić information content (AvgIpc) is 2.82. The first-order valence-corrected chi connectivity index (χ1v) is 9.81. The van der Waals surface area contributed by atoms with Crippen molar-refractivity contribution in [2.45, 2.75) is 6.54 Å². The summed E-state index contributed by atoms with van der Waals surface area (Å²) in [6.07, 6.45) is 2.49. The molecule has 0 radical (unpaired) electrons. The van der Waals surface area contributed by atoms with Crippen LogP contribution in [0.5, 0.6) is 11.5 Å². The highest BCUT2D eigenvalue weighted by Gasteiger charge is 2.13. The first kappa shape index (κ1) is 21.9. The number of nitrogens with one attached hydrogen (secondary N) is 2. The number of aromatic nitrogens is 1. The molecule has 0 bridgehead atoms. The molecule has 8 nitrogen and oxygen atoms in total. The second-order valence-electron chi connectivity index (χ2n) is 6.21. The monoisotopic (exact) mass is 441 g/mol. The van der Waals surface area contributed by atoms with Gasteiger partial charge in [0, 0.05) is 35.6 Å². The van der Waals surface area contributed by atoms with Crippen LogP contribution in [0.2, 0.25) is 0 Å². The standard InChI is InChI=1S/C21H20FN5O3S/c1-29-19-8-7-17(30-21(28)25-11-14-5-3-2-4-6-14)10-18(19)15-9-16(13-24-12-15)20(26-23)27-31-22/h2-10,12-13H,11,23H2,1H3,(H,25,28)(H,26,27). The van der Waals surface area contributed by atoms with E-state index in [9.17, 15) is 8.68 Å². The number of pyridine rings is 1. The molecule has 4 N–H and O–H groups in total. The van der Waals surface area contributed by atoms with Crippen LogP contribution in [-0.4, -0.2) is 24.0 Å². The summed E-state index contributed by atoms with van der Waals surface area (Å²) in [6, 6.07) is 16.1. The molecule has 0 saturated carbocycles. The highest BCUT2D eigenvalue weighted by atomic mass is 32.2. The van der Waals surface area contributed by atoms with Gasteiger partial charge in [0.2, 0.25) is 0 Å². The van der Waals surface area contributed by atoms with E-state index in [-0.39, 0.29) is 18.2 Å². The second kappa shape index (κ2) is 10.8. The molecular formula is C21H20FN5O3S. The Morgan fingerprint density at radius 3 is 2.71 bits per heavy atom. The summed E-state index contributed by atoms with van der Waals surface area (Å²) in [7, 11) is 1.53. The number of halogens is 1. The fraction of sp³-hybridized carbons (Fsp3) is 0.0952. The lowest BCUT2D eigenvalue weighted by molar-refractivity contribution is 0.200. The molecule has 0 unspecified atom stereocenters. The molecule has 31 heavy (non-hydrogen) atoms. The molecular weight excluding hydrogens is 421 g/mol. The lowest BCUT2D eigenvalue weighted by Gasteiger charge is -2.13. The summed E-state index contributed by atoms with van der Waals surface area (Å²) < 4.78 is 25.7. The highest BCUT2D eigenvalue weighted by Crippen LogP contribution is 2.33. The number of hydrogen-bond acceptors (Lipinski definition) is 7. The van der Waals surface area contributed by atoms with E-state index in [4.69, 9.17) is 15.3 Å². The van der Waals surface area contributed by atoms with E-state index in [1.165, 1.54) is 13.3 Å². The van der Waals surface area contributed by atoms with Gasteiger partial charge in [-0.15, -0.1) is 3.89 Å². The SMILES string of the molecule is COc1ccc(OC(=O)NCc2ccccc2)cc1-c1cncc(/C(=N/N)NSF)c1. The Bertz CT molecular complexity index is 1070. The number of hydrazone groups is 1. The maximum atomic E-state index is 12.6. The third-order valence-electron chi connectivity index (χ3n) is 4.25. The number of ether oxygens (including phenoxy) is 2. The van der Waals surface area contributed by atoms with Gasteiger partial charge in [-0.3, -0.25) is 9.71 Å². The molecule has 0 atom stereocenters. The molecule has 1 amide bonds. The number of amides is 1. The fourth-order valence-corrected chi connectivity index (χ4v) is 3.05. The first-order chi connectivity index (χ1) is 15.1. The van der Waals surface area contributed by atoms with Crippen LogP contribution in [0.15, 0.2) is 72.1 Å². The molecule has 3 aromatic rings. The van der Waals surface area contributed by atoms with Crippen LogP contribution in [-0.2, 0) is 6.54 Å². The Morgan fingerprint density at radius 1 is 1.19 bits per heavy atom. The van der Waals surface area contributed by atoms with E-state index in [0.717, 1.165) is 5.56 Å². The van der Waals surface area contributed by atoms with Crippen molar-refractivity contribution in [3.05, 3.63) is 78.1 Å². The molecule has 0 aliphatic carbocycles. The Kier molecular flexibility index (Phi) is 7.66. The second-order valence-corrected chi connectivity index (χ2v) is 6.57. The largest absolute Gasteiger partial charge is 0.496 e. The molecule has 0 fully saturated rings. The third-order valence-corrected chi connectivity index (χ3v) is 4.52. The van der Waals surface area contributed by atoms with Crippen LogP contribution >= 0.6 is 12.3 Å². The number of amidine groups is 1. The van der Waals surface area contributed by atoms with Gasteiger partial charge in [-0.25, -0.2) is 4.79 Å². The lowest BCUT2D eigenvalue weighted by Crippen LogP contribution is -2.26. The Balaban J connectivity index is 1.80. The summed E-state index contributed by atoms with van der Waals surface area (Å²) in [6.45, 7) is 0.343. The topological polar surface area (TPSA) is 111 Å². The minimum Gasteiger partial charge on any atom is -0.496 e. The number of nitrogens with zero attached hydrogens (tertiary/aromatic N) is 2. The zero-order chi connectivity index (χ0) is 22.1. The van der Waals surface area contributed by atoms with Crippen molar-refractivity contribution >= 4 is 24.3 Å². The number of carbonyl (C=O) groups excluding carboxylic acids is 1. The highest BCUT2D eigenvalue weighted by molar-refractivity contribution is 7.92. The van der Waals surface area contributed by atoms with Crippen LogP contribution in [0.1, 0.15) is 11.1 Å². The summed E-state index contributed by atoms with van der Waals surface area (Å²) in [5, 5.41) is 6.22. The van der Waals surface area contributed by atoms with E-state index < -0.39 is 6.09 Å². The molecule has 2 aromatic carbocycles. The van der Waals surface area contributed by atoms with E-state index in [2.05, 4.69) is 20.1 Å². The fourth-order valence-electron chi connectivity index (χ4n) is 2.80. The molecule has 10 heteroatoms. The number of carbonyl (C=O) groups is 1. The predicted octanol–water partition coefficient (Wildman–Crippen LogP) is 3.79. The van der Waals surface area contributed by atoms with Crippen LogP contribution in [0.25, 0.3) is 11.1 Å². The van der Waals surface area contributed by atoms with Gasteiger partial charge in [-0.05, 0) is 29.8 Å². The summed E-state index contributed by atoms with van der Waals surface area (Å²) in [4.78, 5) is 16.3. The molecule has 160 valence electrons. The van der Waals surface area contributed by atoms with Gasteiger partial charge in [-0.2, -0.15) is 5.10 Å². The summed E-state index contributed by atoms with van der Waals surface area (Å²) in [5.74, 6) is 6.29. The molecule has 3 rings (SSSR count). The molecule has 1 aromatic heterocycles. The number of hydrogen-bond donors (Lipinski definition) is 3. The van der Waals surface area contributed by atoms with Crippen molar-refractivity contribution in [3.63, 3.8) is 0 Å². The lowest BCUT2D eigenvalue weighted by atomic mass is 10.0. The normalized spacial score (nSPS) is 11.0. The van der Waals surface area contributed by atoms with Gasteiger partial charge in [0.15, 0.2) is 18.2 Å². The number of methoxy groups -OCH3 is 1. The van der Waals surface area contributed by atoms with Crippen LogP contribution in [0.3, 0.4) is 0 Å². The third kappa shape index (κ3) is 5.86. The minimum absolute atomic E-state index is 0.119. The van der Waals surface area contributed by atoms with Crippen molar-refractivity contribution in [1.29, 1.82) is 0 Å². The quantitative estimate of drug-likeness (QED) is 0.168. The van der Waals surface area contributed by atoms with Crippen molar-refractivity contribution in [1.82, 2.24) is 15.0 Å². The summed E-state index contributed by atoms with van der Waals surface area (Å²) in [5.41, 5.74) is 2.68. The average molecular weight is 441 g/mol. The minimum atomic E-state index is -0.589. The van der Waals surface area contributed by atoms with Crippen LogP contribution < -0.4 is 25.4 Å². The number of nitrogens with two attached hydrogens (primary N) is 1. The number of benzene rings is 2. The van der Waals surface area contributed by atoms with Gasteiger partial charge < -0.3 is 20.6 Å². The van der Waals surface area contributed by atoms with Crippen molar-refractivity contribution in [3.8, 4) is 22.6 Å². The smallest absolute Gasteiger partial charge is 0.412 e. The Morgan fingerprint density at radius 2 is 2.00 bits per heavy atom. The van der Waals surface area contributed by atoms with Crippen LogP contribution in [0, 0.1) is 0 Å². The predicted molar refractivity (Wildman–Crippen MR) is 118 cm³/mol. The van der Waals surface area contributed by atoms with Gasteiger partial charge in [-0.1, -0.05) is 30.3 Å². The molecule has 1 heterocycles. The zero-order valence-corrected chi connectivity index (χ0v) is 17.4. The molecule has 0 aliphatic heterocycles. The molecule has 0 spiro atoms. The number of rotatable bonds is 7. The van der Waals surface area contributed by atoms with Gasteiger partial charge >= 0.3 is 6.09 Å². The van der Waals surface area contributed by atoms with Crippen molar-refractivity contribution in [2.24, 2.45) is 10.9 Å². The van der Waals surface area contributed by atoms with Crippen molar-refractivity contribution < 1.29 is 18.2 Å². The summed E-state index contributed by atoms with van der Waals surface area (Å²) >= 11 is -0.127. The van der Waals surface area contributed by atoms with Gasteiger partial charge in [0.1, 0.15) is 11.5 Å². The van der Waals surface area contributed by atoms with E-state index in [0.29, 0.717) is 34.7 Å². The van der Waals surface area contributed by atoms with E-state index in [1.54, 1.807) is 30.5 Å². The Labute approximate surface area is 183 Å². The maximum Gasteiger partial charge on any atom is 0.412 e. The van der Waals surface area contributed by atoms with Gasteiger partial charge in [0.05, 0.1) is 7.11 Å². The van der Waals surface area contributed by atoms with E-state index in [1.807, 2.05) is 30.3 Å². The first-order valence-electron chi connectivity index (χ1n) is 9.09. The molecule has 0 saturated heterocycles.